The number of aliphatic hydroxyl groups excluding tert-OH is 1. The van der Waals surface area contributed by atoms with Crippen molar-refractivity contribution < 1.29 is 5.11 Å². The average molecular weight is 202 g/mol. The molecule has 0 aliphatic heterocycles. The van der Waals surface area contributed by atoms with Crippen molar-refractivity contribution in [1.29, 1.82) is 0 Å². The van der Waals surface area contributed by atoms with Gasteiger partial charge in [0, 0.05) is 0 Å². The van der Waals surface area contributed by atoms with Crippen LogP contribution in [0.4, 0.5) is 0 Å². The smallest absolute Gasteiger partial charge is 0.100 e. The number of benzene rings is 1. The van der Waals surface area contributed by atoms with Crippen LogP contribution in [0.25, 0.3) is 0 Å². The van der Waals surface area contributed by atoms with Gasteiger partial charge in [0.25, 0.3) is 0 Å². The summed E-state index contributed by atoms with van der Waals surface area (Å²) < 4.78 is 0. The molecule has 2 rings (SSSR count). The van der Waals surface area contributed by atoms with E-state index < -0.39 is 0 Å². The molecule has 1 unspecified atom stereocenters. The minimum absolute atomic E-state index is 0.372. The Morgan fingerprint density at radius 1 is 1.33 bits per heavy atom. The molecule has 0 saturated heterocycles. The first kappa shape index (κ1) is 10.4. The van der Waals surface area contributed by atoms with Gasteiger partial charge < -0.3 is 5.11 Å². The summed E-state index contributed by atoms with van der Waals surface area (Å²) >= 11 is 0. The zero-order valence-corrected chi connectivity index (χ0v) is 9.24. The molecule has 1 aromatic rings. The van der Waals surface area contributed by atoms with Crippen molar-refractivity contribution in [3.05, 3.63) is 47.0 Å². The monoisotopic (exact) mass is 202 g/mol. The lowest BCUT2D eigenvalue weighted by Crippen LogP contribution is -2.03. The topological polar surface area (TPSA) is 20.2 Å². The molecule has 0 radical (unpaired) electrons. The summed E-state index contributed by atoms with van der Waals surface area (Å²) in [6, 6.07) is 8.20. The highest BCUT2D eigenvalue weighted by atomic mass is 16.3. The van der Waals surface area contributed by atoms with Crippen molar-refractivity contribution in [3.63, 3.8) is 0 Å². The van der Waals surface area contributed by atoms with Crippen LogP contribution in [0.5, 0.6) is 0 Å². The van der Waals surface area contributed by atoms with Crippen LogP contribution in [-0.4, -0.2) is 5.11 Å². The number of hydrogen-bond acceptors (Lipinski definition) is 1. The van der Waals surface area contributed by atoms with Crippen LogP contribution in [0, 0.1) is 0 Å². The third-order valence-electron chi connectivity index (χ3n) is 3.16. The van der Waals surface area contributed by atoms with Gasteiger partial charge in [-0.05, 0) is 42.4 Å². The summed E-state index contributed by atoms with van der Waals surface area (Å²) in [7, 11) is 0. The van der Waals surface area contributed by atoms with Crippen molar-refractivity contribution >= 4 is 0 Å². The fourth-order valence-electron chi connectivity index (χ4n) is 2.27. The summed E-state index contributed by atoms with van der Waals surface area (Å²) in [4.78, 5) is 0. The van der Waals surface area contributed by atoms with Crippen molar-refractivity contribution in [1.82, 2.24) is 0 Å². The van der Waals surface area contributed by atoms with E-state index in [4.69, 9.17) is 0 Å². The zero-order valence-electron chi connectivity index (χ0n) is 9.24. The Morgan fingerprint density at radius 2 is 2.13 bits per heavy atom. The summed E-state index contributed by atoms with van der Waals surface area (Å²) in [5, 5.41) is 10.3. The fourth-order valence-corrected chi connectivity index (χ4v) is 2.27. The predicted octanol–water partition coefficient (Wildman–Crippen LogP) is 3.39. The molecule has 1 heteroatoms. The van der Waals surface area contributed by atoms with Crippen molar-refractivity contribution in [3.8, 4) is 0 Å². The maximum atomic E-state index is 10.3. The summed E-state index contributed by atoms with van der Waals surface area (Å²) in [5.74, 6) is 0. The van der Waals surface area contributed by atoms with Crippen LogP contribution in [-0.2, 0) is 6.42 Å². The lowest BCUT2D eigenvalue weighted by atomic mass is 9.95. The second-order valence-corrected chi connectivity index (χ2v) is 4.13. The van der Waals surface area contributed by atoms with Crippen LogP contribution >= 0.6 is 0 Å². The van der Waals surface area contributed by atoms with Gasteiger partial charge in [-0.2, -0.15) is 0 Å². The molecule has 80 valence electrons. The van der Waals surface area contributed by atoms with Gasteiger partial charge in [0.2, 0.25) is 0 Å². The molecule has 15 heavy (non-hydrogen) atoms. The van der Waals surface area contributed by atoms with Gasteiger partial charge in [-0.3, -0.25) is 0 Å². The van der Waals surface area contributed by atoms with Gasteiger partial charge in [-0.1, -0.05) is 37.3 Å². The average Bonchev–Trinajstić information content (AvgIpc) is 2.81. The molecule has 0 heterocycles. The Morgan fingerprint density at radius 3 is 2.80 bits per heavy atom. The second kappa shape index (κ2) is 4.63. The maximum Gasteiger partial charge on any atom is 0.100 e. The Balaban J connectivity index is 2.27. The largest absolute Gasteiger partial charge is 0.384 e. The highest BCUT2D eigenvalue weighted by Gasteiger charge is 2.17. The first-order chi connectivity index (χ1) is 7.33. The van der Waals surface area contributed by atoms with Crippen molar-refractivity contribution in [2.45, 2.75) is 38.7 Å². The molecule has 0 saturated carbocycles. The first-order valence-electron chi connectivity index (χ1n) is 5.77. The molecule has 0 spiro atoms. The molecule has 1 nitrogen and oxygen atoms in total. The lowest BCUT2D eigenvalue weighted by Gasteiger charge is -2.15. The number of hydrogen-bond donors (Lipinski definition) is 1. The summed E-state index contributed by atoms with van der Waals surface area (Å²) in [6.07, 6.45) is 6.18. The minimum atomic E-state index is -0.372. The third-order valence-corrected chi connectivity index (χ3v) is 3.16. The van der Waals surface area contributed by atoms with E-state index in [1.807, 2.05) is 18.2 Å². The van der Waals surface area contributed by atoms with Crippen LogP contribution in [0.2, 0.25) is 0 Å². The molecular weight excluding hydrogens is 184 g/mol. The van der Waals surface area contributed by atoms with Crippen LogP contribution in [0.15, 0.2) is 35.9 Å². The van der Waals surface area contributed by atoms with Gasteiger partial charge in [0.05, 0.1) is 0 Å². The Bertz CT molecular complexity index is 365. The lowest BCUT2D eigenvalue weighted by molar-refractivity contribution is 0.211. The number of aliphatic hydroxyl groups is 1. The van der Waals surface area contributed by atoms with E-state index >= 15 is 0 Å². The van der Waals surface area contributed by atoms with E-state index in [0.717, 1.165) is 24.8 Å². The Labute approximate surface area is 91.4 Å². The van der Waals surface area contributed by atoms with Gasteiger partial charge in [0.1, 0.15) is 6.10 Å². The van der Waals surface area contributed by atoms with E-state index in [-0.39, 0.29) is 6.10 Å². The molecule has 1 N–H and O–H groups in total. The second-order valence-electron chi connectivity index (χ2n) is 4.13. The van der Waals surface area contributed by atoms with E-state index in [0.29, 0.717) is 0 Å². The van der Waals surface area contributed by atoms with Crippen LogP contribution in [0.1, 0.15) is 43.4 Å². The Kier molecular flexibility index (Phi) is 3.22. The third kappa shape index (κ3) is 2.13. The number of allylic oxidation sites excluding steroid dienone is 1. The van der Waals surface area contributed by atoms with E-state index in [2.05, 4.69) is 19.1 Å². The molecule has 0 amide bonds. The number of aryl methyl sites for hydroxylation is 1. The number of rotatable bonds is 3. The standard InChI is InChI=1S/C14H18O/c1-2-11-7-5-6-10-13(11)14(15)12-8-3-4-9-12/h5-8,10,14-15H,2-4,9H2,1H3. The molecule has 0 fully saturated rings. The molecule has 1 atom stereocenters. The fraction of sp³-hybridized carbons (Fsp3) is 0.429. The normalized spacial score (nSPS) is 17.6. The molecule has 1 aromatic carbocycles. The molecule has 0 aromatic heterocycles. The SMILES string of the molecule is CCc1ccccc1C(O)C1=CCCC1. The summed E-state index contributed by atoms with van der Waals surface area (Å²) in [6.45, 7) is 2.13. The van der Waals surface area contributed by atoms with Crippen LogP contribution in [0.3, 0.4) is 0 Å². The zero-order chi connectivity index (χ0) is 10.7. The molecular formula is C14H18O. The maximum absolute atomic E-state index is 10.3. The van der Waals surface area contributed by atoms with Gasteiger partial charge in [-0.25, -0.2) is 0 Å². The van der Waals surface area contributed by atoms with Crippen molar-refractivity contribution in [2.24, 2.45) is 0 Å². The minimum Gasteiger partial charge on any atom is -0.384 e. The van der Waals surface area contributed by atoms with Gasteiger partial charge in [-0.15, -0.1) is 0 Å². The summed E-state index contributed by atoms with van der Waals surface area (Å²) in [5.41, 5.74) is 3.56. The quantitative estimate of drug-likeness (QED) is 0.745. The van der Waals surface area contributed by atoms with Gasteiger partial charge in [0.15, 0.2) is 0 Å². The van der Waals surface area contributed by atoms with Gasteiger partial charge >= 0.3 is 0 Å². The van der Waals surface area contributed by atoms with Crippen molar-refractivity contribution in [2.75, 3.05) is 0 Å². The molecule has 1 aliphatic rings. The van der Waals surface area contributed by atoms with E-state index in [1.165, 1.54) is 17.6 Å². The predicted molar refractivity (Wildman–Crippen MR) is 62.7 cm³/mol. The molecule has 1 aliphatic carbocycles. The Hall–Kier alpha value is -1.08. The van der Waals surface area contributed by atoms with E-state index in [9.17, 15) is 5.11 Å². The highest BCUT2D eigenvalue weighted by Crippen LogP contribution is 2.32. The van der Waals surface area contributed by atoms with E-state index in [1.54, 1.807) is 0 Å². The molecule has 0 bridgehead atoms. The first-order valence-corrected chi connectivity index (χ1v) is 5.77. The van der Waals surface area contributed by atoms with Crippen LogP contribution < -0.4 is 0 Å². The highest BCUT2D eigenvalue weighted by molar-refractivity contribution is 5.34.